The summed E-state index contributed by atoms with van der Waals surface area (Å²) in [6, 6.07) is 78.6. The molecule has 0 radical (unpaired) electrons. The molecule has 1 spiro atoms. The molecule has 0 amide bonds. The van der Waals surface area contributed by atoms with Crippen molar-refractivity contribution in [3.05, 3.63) is 241 Å². The van der Waals surface area contributed by atoms with Crippen LogP contribution in [0.1, 0.15) is 22.3 Å². The summed E-state index contributed by atoms with van der Waals surface area (Å²) >= 11 is 0. The van der Waals surface area contributed by atoms with Crippen molar-refractivity contribution in [2.24, 2.45) is 0 Å². The Morgan fingerprint density at radius 2 is 0.742 bits per heavy atom. The third-order valence-electron chi connectivity index (χ3n) is 13.1. The topological polar surface area (TPSA) is 43.6 Å². The van der Waals surface area contributed by atoms with E-state index in [9.17, 15) is 0 Å². The predicted molar refractivity (Wildman–Crippen MR) is 252 cm³/mol. The summed E-state index contributed by atoms with van der Waals surface area (Å²) in [5.41, 5.74) is 18.7. The lowest BCUT2D eigenvalue weighted by Crippen LogP contribution is -2.25. The lowest BCUT2D eigenvalue weighted by Gasteiger charge is -2.30. The minimum Gasteiger partial charge on any atom is -0.309 e. The maximum Gasteiger partial charge on any atom is 0.166 e. The maximum atomic E-state index is 5.15. The van der Waals surface area contributed by atoms with E-state index < -0.39 is 5.41 Å². The van der Waals surface area contributed by atoms with Gasteiger partial charge in [-0.05, 0) is 92.0 Å². The summed E-state index contributed by atoms with van der Waals surface area (Å²) in [7, 11) is 0. The summed E-state index contributed by atoms with van der Waals surface area (Å²) in [4.78, 5) is 15.3. The highest BCUT2D eigenvalue weighted by atomic mass is 15.1. The van der Waals surface area contributed by atoms with Gasteiger partial charge in [0.25, 0.3) is 0 Å². The van der Waals surface area contributed by atoms with Gasteiger partial charge in [0.1, 0.15) is 0 Å². The van der Waals surface area contributed by atoms with Crippen LogP contribution in [-0.2, 0) is 5.41 Å². The van der Waals surface area contributed by atoms with Gasteiger partial charge in [-0.1, -0.05) is 182 Å². The zero-order valence-corrected chi connectivity index (χ0v) is 33.6. The molecule has 0 atom stereocenters. The second-order valence-corrected chi connectivity index (χ2v) is 16.3. The Kier molecular flexibility index (Phi) is 7.49. The number of para-hydroxylation sites is 2. The average Bonchev–Trinajstić information content (AvgIpc) is 3.96. The monoisotopic (exact) mass is 788 g/mol. The minimum atomic E-state index is -0.394. The highest BCUT2D eigenvalue weighted by molar-refractivity contribution is 6.11. The largest absolute Gasteiger partial charge is 0.309 e. The van der Waals surface area contributed by atoms with Crippen molar-refractivity contribution in [1.82, 2.24) is 19.5 Å². The molecule has 9 aromatic carbocycles. The standard InChI is InChI=1S/C58H36N4/c1-3-17-37(18-4-1)55-59-56(38-19-5-2-6-20-38)61-57(60-55)46-25-11-16-30-53(46)62-52-29-15-10-24-45(52)47-35-39(32-34-54(47)62)40-31-33-44-43-23-9-14-28-50(43)58(51(44)36-40)48-26-12-7-21-41(48)42-22-8-13-27-49(42)58/h1-36H. The van der Waals surface area contributed by atoms with Crippen LogP contribution in [-0.4, -0.2) is 19.5 Å². The van der Waals surface area contributed by atoms with Gasteiger partial charge in [0.15, 0.2) is 17.5 Å². The molecule has 0 fully saturated rings. The quantitative estimate of drug-likeness (QED) is 0.174. The summed E-state index contributed by atoms with van der Waals surface area (Å²) in [6.07, 6.45) is 0. The molecule has 288 valence electrons. The van der Waals surface area contributed by atoms with E-state index in [0.29, 0.717) is 17.5 Å². The SMILES string of the molecule is c1ccc(-c2nc(-c3ccccc3)nc(-c3ccccc3-n3c4ccccc4c4cc(-c5ccc6c(c5)C5(c7ccccc7-c7ccccc75)c5ccccc5-6)ccc43)n2)cc1. The van der Waals surface area contributed by atoms with Gasteiger partial charge >= 0.3 is 0 Å². The van der Waals surface area contributed by atoms with E-state index >= 15 is 0 Å². The van der Waals surface area contributed by atoms with Gasteiger partial charge in [-0.2, -0.15) is 0 Å². The number of aromatic nitrogens is 4. The van der Waals surface area contributed by atoms with E-state index in [0.717, 1.165) is 33.4 Å². The van der Waals surface area contributed by atoms with Gasteiger partial charge in [-0.25, -0.2) is 15.0 Å². The summed E-state index contributed by atoms with van der Waals surface area (Å²) in [6.45, 7) is 0. The molecule has 11 aromatic rings. The first-order valence-electron chi connectivity index (χ1n) is 21.2. The highest BCUT2D eigenvalue weighted by Gasteiger charge is 2.51. The molecular formula is C58H36N4. The van der Waals surface area contributed by atoms with E-state index in [1.165, 1.54) is 66.4 Å². The Morgan fingerprint density at radius 1 is 0.290 bits per heavy atom. The van der Waals surface area contributed by atoms with Gasteiger partial charge in [0.2, 0.25) is 0 Å². The van der Waals surface area contributed by atoms with Crippen LogP contribution in [0.25, 0.3) is 95.0 Å². The van der Waals surface area contributed by atoms with Crippen LogP contribution < -0.4 is 0 Å². The van der Waals surface area contributed by atoms with Crippen LogP contribution in [0.5, 0.6) is 0 Å². The van der Waals surface area contributed by atoms with Crippen molar-refractivity contribution in [2.75, 3.05) is 0 Å². The zero-order valence-electron chi connectivity index (χ0n) is 33.6. The molecule has 0 aliphatic heterocycles. The predicted octanol–water partition coefficient (Wildman–Crippen LogP) is 14.0. The Bertz CT molecular complexity index is 3460. The average molecular weight is 789 g/mol. The van der Waals surface area contributed by atoms with E-state index in [1.54, 1.807) is 0 Å². The van der Waals surface area contributed by atoms with E-state index in [1.807, 2.05) is 36.4 Å². The zero-order chi connectivity index (χ0) is 40.8. The van der Waals surface area contributed by atoms with E-state index in [2.05, 4.69) is 187 Å². The summed E-state index contributed by atoms with van der Waals surface area (Å²) in [5.74, 6) is 1.90. The third kappa shape index (κ3) is 4.92. The smallest absolute Gasteiger partial charge is 0.166 e. The van der Waals surface area contributed by atoms with Crippen molar-refractivity contribution < 1.29 is 0 Å². The molecule has 4 nitrogen and oxygen atoms in total. The Hall–Kier alpha value is -8.21. The van der Waals surface area contributed by atoms with Crippen LogP contribution in [0.3, 0.4) is 0 Å². The molecule has 13 rings (SSSR count). The molecule has 0 bridgehead atoms. The first-order valence-corrected chi connectivity index (χ1v) is 21.2. The van der Waals surface area contributed by atoms with Crippen molar-refractivity contribution in [1.29, 1.82) is 0 Å². The molecule has 62 heavy (non-hydrogen) atoms. The first-order chi connectivity index (χ1) is 30.8. The number of fused-ring (bicyclic) bond motifs is 13. The van der Waals surface area contributed by atoms with Crippen LogP contribution in [0.4, 0.5) is 0 Å². The van der Waals surface area contributed by atoms with Crippen molar-refractivity contribution in [3.8, 4) is 73.2 Å². The van der Waals surface area contributed by atoms with E-state index in [4.69, 9.17) is 15.0 Å². The fourth-order valence-electron chi connectivity index (χ4n) is 10.5. The fraction of sp³-hybridized carbons (Fsp3) is 0.0172. The molecular weight excluding hydrogens is 753 g/mol. The Balaban J connectivity index is 0.997. The molecule has 2 aromatic heterocycles. The fourth-order valence-corrected chi connectivity index (χ4v) is 10.5. The molecule has 2 heterocycles. The number of benzene rings is 9. The van der Waals surface area contributed by atoms with Crippen molar-refractivity contribution in [2.45, 2.75) is 5.41 Å². The third-order valence-corrected chi connectivity index (χ3v) is 13.1. The molecule has 0 saturated heterocycles. The van der Waals surface area contributed by atoms with Gasteiger partial charge in [-0.3, -0.25) is 0 Å². The molecule has 4 heteroatoms. The second kappa shape index (κ2) is 13.4. The molecule has 0 unspecified atom stereocenters. The van der Waals surface area contributed by atoms with Crippen LogP contribution >= 0.6 is 0 Å². The number of rotatable bonds is 5. The van der Waals surface area contributed by atoms with Gasteiger partial charge in [0, 0.05) is 27.5 Å². The van der Waals surface area contributed by atoms with E-state index in [-0.39, 0.29) is 0 Å². The lowest BCUT2D eigenvalue weighted by atomic mass is 9.70. The number of hydrogen-bond donors (Lipinski definition) is 0. The number of hydrogen-bond acceptors (Lipinski definition) is 3. The lowest BCUT2D eigenvalue weighted by molar-refractivity contribution is 0.794. The summed E-state index contributed by atoms with van der Waals surface area (Å²) in [5, 5.41) is 2.38. The summed E-state index contributed by atoms with van der Waals surface area (Å²) < 4.78 is 2.37. The number of nitrogens with zero attached hydrogens (tertiary/aromatic N) is 4. The normalized spacial score (nSPS) is 13.0. The second-order valence-electron chi connectivity index (χ2n) is 16.3. The van der Waals surface area contributed by atoms with Crippen LogP contribution in [0, 0.1) is 0 Å². The minimum absolute atomic E-state index is 0.394. The van der Waals surface area contributed by atoms with Gasteiger partial charge in [-0.15, -0.1) is 0 Å². The molecule has 2 aliphatic rings. The van der Waals surface area contributed by atoms with Crippen LogP contribution in [0.2, 0.25) is 0 Å². The van der Waals surface area contributed by atoms with Gasteiger partial charge < -0.3 is 4.57 Å². The van der Waals surface area contributed by atoms with Crippen molar-refractivity contribution >= 4 is 21.8 Å². The molecule has 0 saturated carbocycles. The molecule has 0 N–H and O–H groups in total. The molecule has 2 aliphatic carbocycles. The first kappa shape index (κ1) is 34.6. The van der Waals surface area contributed by atoms with Crippen molar-refractivity contribution in [3.63, 3.8) is 0 Å². The Morgan fingerprint density at radius 3 is 1.37 bits per heavy atom. The highest BCUT2D eigenvalue weighted by Crippen LogP contribution is 2.63. The maximum absolute atomic E-state index is 5.15. The van der Waals surface area contributed by atoms with Crippen LogP contribution in [0.15, 0.2) is 218 Å². The Labute approximate surface area is 359 Å². The van der Waals surface area contributed by atoms with Gasteiger partial charge in [0.05, 0.1) is 22.1 Å².